The minimum absolute atomic E-state index is 0.0980. The first-order valence-electron chi connectivity index (χ1n) is 8.80. The summed E-state index contributed by atoms with van der Waals surface area (Å²) in [5.41, 5.74) is 7.41. The van der Waals surface area contributed by atoms with Crippen LogP contribution < -0.4 is 20.9 Å². The van der Waals surface area contributed by atoms with Crippen molar-refractivity contribution in [1.82, 2.24) is 15.6 Å². The number of carbonyl (C=O) groups is 1. The number of rotatable bonds is 6. The van der Waals surface area contributed by atoms with Crippen LogP contribution in [0.2, 0.25) is 0 Å². The lowest BCUT2D eigenvalue weighted by Gasteiger charge is -2.13. The summed E-state index contributed by atoms with van der Waals surface area (Å²) < 4.78 is 26.2. The van der Waals surface area contributed by atoms with Gasteiger partial charge in [0.25, 0.3) is 5.91 Å². The van der Waals surface area contributed by atoms with Crippen molar-refractivity contribution in [2.75, 3.05) is 11.9 Å². The Morgan fingerprint density at radius 3 is 2.14 bits per heavy atom. The summed E-state index contributed by atoms with van der Waals surface area (Å²) in [6, 6.07) is 13.5. The monoisotopic (exact) mass is 420 g/mol. The summed E-state index contributed by atoms with van der Waals surface area (Å²) in [6.45, 7) is 6.22. The lowest BCUT2D eigenvalue weighted by Crippen LogP contribution is -2.43. The zero-order valence-electron chi connectivity index (χ0n) is 15.9. The molecule has 0 radical (unpaired) electrons. The summed E-state index contributed by atoms with van der Waals surface area (Å²) in [5, 5.41) is 3.21. The molecule has 0 atom stereocenters. The molecule has 0 saturated heterocycles. The van der Waals surface area contributed by atoms with Gasteiger partial charge in [-0.1, -0.05) is 32.9 Å². The third kappa shape index (κ3) is 6.01. The van der Waals surface area contributed by atoms with Crippen LogP contribution in [0.1, 0.15) is 42.6 Å². The van der Waals surface area contributed by atoms with Gasteiger partial charge in [-0.15, -0.1) is 0 Å². The molecule has 9 heteroatoms. The highest BCUT2D eigenvalue weighted by Crippen LogP contribution is 2.17. The van der Waals surface area contributed by atoms with Gasteiger partial charge in [-0.2, -0.15) is 0 Å². The Morgan fingerprint density at radius 2 is 1.61 bits per heavy atom. The molecule has 0 unspecified atom stereocenters. The van der Waals surface area contributed by atoms with Crippen molar-refractivity contribution in [1.29, 1.82) is 0 Å². The fourth-order valence-electron chi connectivity index (χ4n) is 2.36. The lowest BCUT2D eigenvalue weighted by molar-refractivity contribution is 0.0944. The maximum absolute atomic E-state index is 12.2. The standard InChI is InChI=1S/C19H24N4O3S2/c1-4-20-28(25,26)17-11-7-15(8-12-17)18(24)22-23-19(27)21-16-9-5-14(6-10-16)13(2)3/h5-13,20H,4H2,1-3H3,(H,22,24)(H2,21,23,27). The molecule has 0 spiro atoms. The molecule has 0 fully saturated rings. The first kappa shape index (κ1) is 21.8. The average molecular weight is 421 g/mol. The average Bonchev–Trinajstić information content (AvgIpc) is 2.66. The summed E-state index contributed by atoms with van der Waals surface area (Å²) in [4.78, 5) is 12.3. The van der Waals surface area contributed by atoms with Crippen LogP contribution in [0.15, 0.2) is 53.4 Å². The van der Waals surface area contributed by atoms with E-state index < -0.39 is 15.9 Å². The van der Waals surface area contributed by atoms with Crippen molar-refractivity contribution < 1.29 is 13.2 Å². The van der Waals surface area contributed by atoms with E-state index in [4.69, 9.17) is 12.2 Å². The molecule has 0 aliphatic carbocycles. The van der Waals surface area contributed by atoms with Crippen LogP contribution in [0.5, 0.6) is 0 Å². The van der Waals surface area contributed by atoms with E-state index in [-0.39, 0.29) is 10.0 Å². The topological polar surface area (TPSA) is 99.3 Å². The molecule has 2 aromatic rings. The quantitative estimate of drug-likeness (QED) is 0.424. The first-order chi connectivity index (χ1) is 13.2. The summed E-state index contributed by atoms with van der Waals surface area (Å²) >= 11 is 5.16. The maximum atomic E-state index is 12.2. The molecule has 1 amide bonds. The lowest BCUT2D eigenvalue weighted by atomic mass is 10.0. The van der Waals surface area contributed by atoms with Crippen LogP contribution in [0.25, 0.3) is 0 Å². The molecule has 0 aromatic heterocycles. The second-order valence-electron chi connectivity index (χ2n) is 6.34. The third-order valence-electron chi connectivity index (χ3n) is 3.89. The smallest absolute Gasteiger partial charge is 0.269 e. The van der Waals surface area contributed by atoms with E-state index in [1.807, 2.05) is 24.3 Å². The number of benzene rings is 2. The Morgan fingerprint density at radius 1 is 1.00 bits per heavy atom. The Balaban J connectivity index is 1.90. The predicted molar refractivity (Wildman–Crippen MR) is 115 cm³/mol. The van der Waals surface area contributed by atoms with Gasteiger partial charge in [0.2, 0.25) is 10.0 Å². The van der Waals surface area contributed by atoms with Gasteiger partial charge in [-0.05, 0) is 60.1 Å². The van der Waals surface area contributed by atoms with Gasteiger partial charge in [0.05, 0.1) is 4.90 Å². The highest BCUT2D eigenvalue weighted by molar-refractivity contribution is 7.89. The fraction of sp³-hybridized carbons (Fsp3) is 0.263. The molecule has 0 saturated carbocycles. The second kappa shape index (κ2) is 9.63. The number of thiocarbonyl (C=S) groups is 1. The van der Waals surface area contributed by atoms with Gasteiger partial charge in [-0.3, -0.25) is 15.6 Å². The number of anilines is 1. The number of hydrogen-bond donors (Lipinski definition) is 4. The van der Waals surface area contributed by atoms with Crippen LogP contribution in [-0.4, -0.2) is 26.0 Å². The first-order valence-corrected chi connectivity index (χ1v) is 10.7. The van der Waals surface area contributed by atoms with E-state index in [2.05, 4.69) is 34.7 Å². The van der Waals surface area contributed by atoms with Gasteiger partial charge < -0.3 is 5.32 Å². The van der Waals surface area contributed by atoms with Crippen molar-refractivity contribution in [2.24, 2.45) is 0 Å². The largest absolute Gasteiger partial charge is 0.331 e. The molecule has 4 N–H and O–H groups in total. The predicted octanol–water partition coefficient (Wildman–Crippen LogP) is 2.74. The third-order valence-corrected chi connectivity index (χ3v) is 5.65. The Labute approximate surface area is 170 Å². The SMILES string of the molecule is CCNS(=O)(=O)c1ccc(C(=O)NNC(=S)Nc2ccc(C(C)C)cc2)cc1. The van der Waals surface area contributed by atoms with Crippen molar-refractivity contribution in [2.45, 2.75) is 31.6 Å². The number of sulfonamides is 1. The second-order valence-corrected chi connectivity index (χ2v) is 8.51. The summed E-state index contributed by atoms with van der Waals surface area (Å²) in [5.74, 6) is 0.00393. The maximum Gasteiger partial charge on any atom is 0.269 e. The number of carbonyl (C=O) groups excluding carboxylic acids is 1. The normalized spacial score (nSPS) is 11.1. The van der Waals surface area contributed by atoms with Crippen LogP contribution in [-0.2, 0) is 10.0 Å². The Bertz CT molecular complexity index is 925. The van der Waals surface area contributed by atoms with Crippen molar-refractivity contribution in [3.63, 3.8) is 0 Å². The molecule has 2 rings (SSSR count). The fourth-order valence-corrected chi connectivity index (χ4v) is 3.57. The number of hydrogen-bond acceptors (Lipinski definition) is 4. The summed E-state index contributed by atoms with van der Waals surface area (Å²) in [6.07, 6.45) is 0. The highest BCUT2D eigenvalue weighted by Gasteiger charge is 2.13. The Kier molecular flexibility index (Phi) is 7.50. The number of hydrazine groups is 1. The molecule has 7 nitrogen and oxygen atoms in total. The van der Waals surface area contributed by atoms with Gasteiger partial charge in [0.15, 0.2) is 5.11 Å². The van der Waals surface area contributed by atoms with Gasteiger partial charge in [0.1, 0.15) is 0 Å². The molecule has 150 valence electrons. The van der Waals surface area contributed by atoms with E-state index in [9.17, 15) is 13.2 Å². The molecule has 28 heavy (non-hydrogen) atoms. The molecular weight excluding hydrogens is 396 g/mol. The van der Waals surface area contributed by atoms with E-state index >= 15 is 0 Å². The number of amides is 1. The summed E-state index contributed by atoms with van der Waals surface area (Å²) in [7, 11) is -3.55. The number of nitrogens with one attached hydrogen (secondary N) is 4. The van der Waals surface area contributed by atoms with Crippen LogP contribution in [0, 0.1) is 0 Å². The molecule has 0 bridgehead atoms. The van der Waals surface area contributed by atoms with E-state index in [1.165, 1.54) is 29.8 Å². The van der Waals surface area contributed by atoms with Gasteiger partial charge in [0, 0.05) is 17.8 Å². The van der Waals surface area contributed by atoms with E-state index in [0.717, 1.165) is 5.69 Å². The van der Waals surface area contributed by atoms with Gasteiger partial charge in [-0.25, -0.2) is 13.1 Å². The molecule has 0 aliphatic rings. The van der Waals surface area contributed by atoms with Crippen LogP contribution >= 0.6 is 12.2 Å². The van der Waals surface area contributed by atoms with Crippen LogP contribution in [0.3, 0.4) is 0 Å². The zero-order valence-corrected chi connectivity index (χ0v) is 17.6. The highest BCUT2D eigenvalue weighted by atomic mass is 32.2. The van der Waals surface area contributed by atoms with Crippen molar-refractivity contribution in [3.8, 4) is 0 Å². The zero-order chi connectivity index (χ0) is 20.7. The van der Waals surface area contributed by atoms with Crippen molar-refractivity contribution >= 4 is 38.9 Å². The van der Waals surface area contributed by atoms with Crippen molar-refractivity contribution in [3.05, 3.63) is 59.7 Å². The minimum atomic E-state index is -3.55. The molecule has 0 aliphatic heterocycles. The molecule has 2 aromatic carbocycles. The Hall–Kier alpha value is -2.49. The van der Waals surface area contributed by atoms with Gasteiger partial charge >= 0.3 is 0 Å². The molecule has 0 heterocycles. The molecular formula is C19H24N4O3S2. The van der Waals surface area contributed by atoms with E-state index in [1.54, 1.807) is 6.92 Å². The van der Waals surface area contributed by atoms with Crippen LogP contribution in [0.4, 0.5) is 5.69 Å². The minimum Gasteiger partial charge on any atom is -0.331 e. The van der Waals surface area contributed by atoms with E-state index in [0.29, 0.717) is 18.0 Å².